The Morgan fingerprint density at radius 2 is 1.39 bits per heavy atom. The van der Waals surface area contributed by atoms with Crippen molar-refractivity contribution in [2.45, 2.75) is 24.5 Å². The highest BCUT2D eigenvalue weighted by atomic mass is 17.1. The number of nitrogens with zero attached hydrogens (tertiary/aromatic N) is 3. The van der Waals surface area contributed by atoms with Crippen LogP contribution in [0.1, 0.15) is 24.0 Å². The lowest BCUT2D eigenvalue weighted by Gasteiger charge is -2.38. The van der Waals surface area contributed by atoms with Gasteiger partial charge in [-0.05, 0) is 24.0 Å². The molecule has 1 heterocycles. The van der Waals surface area contributed by atoms with E-state index in [-0.39, 0.29) is 36.4 Å². The van der Waals surface area contributed by atoms with Gasteiger partial charge in [0.15, 0.2) is 5.60 Å². The highest BCUT2D eigenvalue weighted by Gasteiger charge is 2.50. The number of ether oxygens (including phenoxy) is 5. The topological polar surface area (TPSA) is 142 Å². The SMILES string of the molecule is COc1cc(OC)nc(O[C@H](C(=O)OCCCCON(O)O)C(OC)(c2ccccc2)c2ccccc2)n1. The fraction of sp³-hybridized carbons (Fsp3) is 0.346. The molecular formula is C26H31N3O9. The Bertz CT molecular complexity index is 1070. The number of carbonyl (C=O) groups excluding carboxylic acids is 1. The summed E-state index contributed by atoms with van der Waals surface area (Å²) in [6.07, 6.45) is -0.637. The zero-order valence-corrected chi connectivity index (χ0v) is 21.4. The van der Waals surface area contributed by atoms with E-state index in [1.165, 1.54) is 27.4 Å². The average molecular weight is 530 g/mol. The third-order valence-corrected chi connectivity index (χ3v) is 5.60. The minimum absolute atomic E-state index is 0.00454. The molecule has 12 heteroatoms. The third-order valence-electron chi connectivity index (χ3n) is 5.60. The monoisotopic (exact) mass is 529 g/mol. The van der Waals surface area contributed by atoms with Crippen LogP contribution in [0, 0.1) is 0 Å². The molecule has 0 amide bonds. The van der Waals surface area contributed by atoms with Crippen LogP contribution in [0.3, 0.4) is 0 Å². The van der Waals surface area contributed by atoms with E-state index in [4.69, 9.17) is 34.1 Å². The van der Waals surface area contributed by atoms with Crippen molar-refractivity contribution in [3.63, 3.8) is 0 Å². The molecule has 0 spiro atoms. The number of methoxy groups -OCH3 is 3. The van der Waals surface area contributed by atoms with Gasteiger partial charge in [0.05, 0.1) is 38.9 Å². The van der Waals surface area contributed by atoms with Gasteiger partial charge in [0.25, 0.3) is 0 Å². The van der Waals surface area contributed by atoms with Gasteiger partial charge in [-0.2, -0.15) is 9.97 Å². The Labute approximate surface area is 220 Å². The number of rotatable bonds is 15. The van der Waals surface area contributed by atoms with Crippen molar-refractivity contribution in [2.24, 2.45) is 0 Å². The second-order valence-electron chi connectivity index (χ2n) is 7.87. The number of benzene rings is 2. The lowest BCUT2D eigenvalue weighted by molar-refractivity contribution is -0.492. The van der Waals surface area contributed by atoms with E-state index >= 15 is 0 Å². The number of unbranched alkanes of at least 4 members (excludes halogenated alkanes) is 1. The predicted octanol–water partition coefficient (Wildman–Crippen LogP) is 3.17. The maximum atomic E-state index is 13.7. The molecule has 0 aliphatic rings. The summed E-state index contributed by atoms with van der Waals surface area (Å²) in [6, 6.07) is 19.6. The lowest BCUT2D eigenvalue weighted by atomic mass is 9.81. The highest BCUT2D eigenvalue weighted by molar-refractivity contribution is 5.78. The minimum Gasteiger partial charge on any atom is -0.481 e. The molecule has 38 heavy (non-hydrogen) atoms. The van der Waals surface area contributed by atoms with E-state index in [9.17, 15) is 4.79 Å². The van der Waals surface area contributed by atoms with Crippen LogP contribution < -0.4 is 14.2 Å². The first kappa shape index (κ1) is 28.8. The Morgan fingerprint density at radius 1 is 0.868 bits per heavy atom. The van der Waals surface area contributed by atoms with Crippen molar-refractivity contribution < 1.29 is 43.7 Å². The van der Waals surface area contributed by atoms with E-state index in [0.29, 0.717) is 24.0 Å². The molecule has 0 radical (unpaired) electrons. The normalized spacial score (nSPS) is 12.2. The van der Waals surface area contributed by atoms with Crippen LogP contribution in [0.4, 0.5) is 0 Å². The summed E-state index contributed by atoms with van der Waals surface area (Å²) in [6.45, 7) is 0.0164. The van der Waals surface area contributed by atoms with Crippen LogP contribution in [0.25, 0.3) is 0 Å². The molecule has 0 saturated heterocycles. The molecule has 12 nitrogen and oxygen atoms in total. The molecule has 204 valence electrons. The van der Waals surface area contributed by atoms with Crippen LogP contribution in [0.5, 0.6) is 17.8 Å². The molecule has 2 N–H and O–H groups in total. The molecule has 1 aromatic heterocycles. The summed E-state index contributed by atoms with van der Waals surface area (Å²) in [5.74, 6) is -0.400. The van der Waals surface area contributed by atoms with Gasteiger partial charge >= 0.3 is 12.0 Å². The van der Waals surface area contributed by atoms with Crippen LogP contribution in [-0.4, -0.2) is 72.4 Å². The number of carbonyl (C=O) groups is 1. The van der Waals surface area contributed by atoms with Crippen molar-refractivity contribution in [1.82, 2.24) is 15.4 Å². The zero-order valence-electron chi connectivity index (χ0n) is 21.4. The van der Waals surface area contributed by atoms with Gasteiger partial charge < -0.3 is 23.7 Å². The summed E-state index contributed by atoms with van der Waals surface area (Å²) >= 11 is 0. The fourth-order valence-corrected chi connectivity index (χ4v) is 3.83. The molecule has 0 fully saturated rings. The summed E-state index contributed by atoms with van der Waals surface area (Å²) in [4.78, 5) is 26.7. The van der Waals surface area contributed by atoms with Gasteiger partial charge in [-0.25, -0.2) is 4.79 Å². The second kappa shape index (κ2) is 14.2. The molecule has 0 unspecified atom stereocenters. The number of hydrogen-bond acceptors (Lipinski definition) is 12. The molecular weight excluding hydrogens is 498 g/mol. The maximum absolute atomic E-state index is 13.7. The maximum Gasteiger partial charge on any atom is 0.351 e. The lowest BCUT2D eigenvalue weighted by Crippen LogP contribution is -2.51. The standard InChI is InChI=1S/C26H31N3O9/c1-33-21-18-22(34-2)28-25(27-21)38-23(24(30)36-16-10-11-17-37-29(31)32)26(35-3,19-12-6-4-7-13-19)20-14-8-5-9-15-20/h4-9,12-15,18,23,31-32H,10-11,16-17H2,1-3H3/t23-/m1/s1. The largest absolute Gasteiger partial charge is 0.481 e. The second-order valence-corrected chi connectivity index (χ2v) is 7.87. The van der Waals surface area contributed by atoms with E-state index in [2.05, 4.69) is 14.8 Å². The first-order chi connectivity index (χ1) is 18.4. The van der Waals surface area contributed by atoms with Crippen molar-refractivity contribution in [3.05, 3.63) is 77.9 Å². The molecule has 3 rings (SSSR count). The van der Waals surface area contributed by atoms with Crippen LogP contribution in [-0.2, 0) is 24.7 Å². The summed E-state index contributed by atoms with van der Waals surface area (Å²) in [7, 11) is 4.34. The van der Waals surface area contributed by atoms with Gasteiger partial charge in [0.1, 0.15) is 0 Å². The average Bonchev–Trinajstić information content (AvgIpc) is 2.95. The molecule has 0 bridgehead atoms. The van der Waals surface area contributed by atoms with Crippen molar-refractivity contribution in [1.29, 1.82) is 0 Å². The molecule has 2 aromatic carbocycles. The van der Waals surface area contributed by atoms with Crippen LogP contribution in [0.2, 0.25) is 0 Å². The predicted molar refractivity (Wildman–Crippen MR) is 132 cm³/mol. The molecule has 0 aliphatic carbocycles. The number of esters is 1. The summed E-state index contributed by atoms with van der Waals surface area (Å²) in [5, 5.41) is 16.9. The first-order valence-corrected chi connectivity index (χ1v) is 11.7. The van der Waals surface area contributed by atoms with E-state index in [1.54, 1.807) is 0 Å². The highest BCUT2D eigenvalue weighted by Crippen LogP contribution is 2.39. The van der Waals surface area contributed by atoms with E-state index < -0.39 is 17.7 Å². The molecule has 0 saturated carbocycles. The smallest absolute Gasteiger partial charge is 0.351 e. The van der Waals surface area contributed by atoms with Crippen molar-refractivity contribution in [3.8, 4) is 17.8 Å². The van der Waals surface area contributed by atoms with Gasteiger partial charge in [-0.15, -0.1) is 0 Å². The number of aromatic nitrogens is 2. The van der Waals surface area contributed by atoms with Gasteiger partial charge in [-0.3, -0.25) is 15.3 Å². The Kier molecular flexibility index (Phi) is 10.8. The molecule has 0 aliphatic heterocycles. The number of hydrogen-bond donors (Lipinski definition) is 2. The van der Waals surface area contributed by atoms with Crippen molar-refractivity contribution >= 4 is 5.97 Å². The molecule has 1 atom stereocenters. The molecule has 3 aromatic rings. The first-order valence-electron chi connectivity index (χ1n) is 11.7. The Hall–Kier alpha value is -3.81. The van der Waals surface area contributed by atoms with E-state index in [0.717, 1.165) is 0 Å². The Balaban J connectivity index is 2.02. The van der Waals surface area contributed by atoms with Crippen LogP contribution in [0.15, 0.2) is 66.7 Å². The zero-order chi connectivity index (χ0) is 27.4. The quantitative estimate of drug-likeness (QED) is 0.170. The van der Waals surface area contributed by atoms with Gasteiger partial charge in [0.2, 0.25) is 17.9 Å². The summed E-state index contributed by atoms with van der Waals surface area (Å²) in [5.41, 5.74) is -0.203. The van der Waals surface area contributed by atoms with Crippen molar-refractivity contribution in [2.75, 3.05) is 34.5 Å². The minimum atomic E-state index is -1.46. The Morgan fingerprint density at radius 3 is 1.87 bits per heavy atom. The van der Waals surface area contributed by atoms with Gasteiger partial charge in [0, 0.05) is 7.11 Å². The fourth-order valence-electron chi connectivity index (χ4n) is 3.83. The van der Waals surface area contributed by atoms with E-state index in [1.807, 2.05) is 60.7 Å². The van der Waals surface area contributed by atoms with Gasteiger partial charge in [-0.1, -0.05) is 60.7 Å². The van der Waals surface area contributed by atoms with Crippen LogP contribution >= 0.6 is 0 Å². The summed E-state index contributed by atoms with van der Waals surface area (Å²) < 4.78 is 28.3. The third kappa shape index (κ3) is 7.15.